The zero-order chi connectivity index (χ0) is 13.8. The first kappa shape index (κ1) is 13.4. The van der Waals surface area contributed by atoms with E-state index in [1.54, 1.807) is 50.6 Å². The van der Waals surface area contributed by atoms with E-state index in [1.807, 2.05) is 0 Å². The van der Waals surface area contributed by atoms with Crippen LogP contribution in [-0.4, -0.2) is 14.2 Å². The second kappa shape index (κ2) is 5.71. The fourth-order valence-corrected chi connectivity index (χ4v) is 1.95. The monoisotopic (exact) mass is 261 g/mol. The Labute approximate surface area is 111 Å². The van der Waals surface area contributed by atoms with Gasteiger partial charge in [-0.1, -0.05) is 24.3 Å². The third kappa shape index (κ3) is 2.69. The summed E-state index contributed by atoms with van der Waals surface area (Å²) in [4.78, 5) is 0. The average Bonchev–Trinajstić information content (AvgIpc) is 2.46. The van der Waals surface area contributed by atoms with E-state index in [4.69, 9.17) is 15.2 Å². The molecule has 0 saturated carbocycles. The summed E-state index contributed by atoms with van der Waals surface area (Å²) in [5, 5.41) is 0. The third-order valence-electron chi connectivity index (χ3n) is 3.01. The van der Waals surface area contributed by atoms with Gasteiger partial charge in [0.05, 0.1) is 20.3 Å². The summed E-state index contributed by atoms with van der Waals surface area (Å²) in [6.45, 7) is 0. The van der Waals surface area contributed by atoms with Gasteiger partial charge in [-0.15, -0.1) is 0 Å². The zero-order valence-electron chi connectivity index (χ0n) is 10.9. The van der Waals surface area contributed by atoms with Gasteiger partial charge in [0.1, 0.15) is 5.82 Å². The summed E-state index contributed by atoms with van der Waals surface area (Å²) in [6, 6.07) is 11.3. The lowest BCUT2D eigenvalue weighted by molar-refractivity contribution is 0.354. The molecule has 100 valence electrons. The second-order valence-corrected chi connectivity index (χ2v) is 4.11. The summed E-state index contributed by atoms with van der Waals surface area (Å²) in [7, 11) is 3.12. The summed E-state index contributed by atoms with van der Waals surface area (Å²) >= 11 is 0. The van der Waals surface area contributed by atoms with Crippen LogP contribution in [0, 0.1) is 5.82 Å². The lowest BCUT2D eigenvalue weighted by Gasteiger charge is -2.15. The number of rotatable bonds is 4. The highest BCUT2D eigenvalue weighted by atomic mass is 19.1. The number of ether oxygens (including phenoxy) is 2. The van der Waals surface area contributed by atoms with Gasteiger partial charge in [0.15, 0.2) is 11.5 Å². The van der Waals surface area contributed by atoms with Gasteiger partial charge in [-0.25, -0.2) is 4.39 Å². The Balaban J connectivity index is 2.39. The summed E-state index contributed by atoms with van der Waals surface area (Å²) in [6.07, 6.45) is 0. The van der Waals surface area contributed by atoms with Crippen LogP contribution >= 0.6 is 0 Å². The van der Waals surface area contributed by atoms with Crippen molar-refractivity contribution in [3.63, 3.8) is 0 Å². The molecule has 2 aromatic carbocycles. The Bertz CT molecular complexity index is 572. The average molecular weight is 261 g/mol. The van der Waals surface area contributed by atoms with Crippen LogP contribution in [0.3, 0.4) is 0 Å². The third-order valence-corrected chi connectivity index (χ3v) is 3.01. The minimum Gasteiger partial charge on any atom is -0.493 e. The molecule has 1 atom stereocenters. The molecule has 0 saturated heterocycles. The fourth-order valence-electron chi connectivity index (χ4n) is 1.95. The quantitative estimate of drug-likeness (QED) is 0.920. The summed E-state index contributed by atoms with van der Waals surface area (Å²) in [5.41, 5.74) is 7.32. The molecular formula is C15H16FNO2. The SMILES string of the molecule is COc1ccc(C(N)c2ccccc2F)cc1OC. The van der Waals surface area contributed by atoms with Crippen molar-refractivity contribution in [1.82, 2.24) is 0 Å². The first-order chi connectivity index (χ1) is 9.17. The van der Waals surface area contributed by atoms with Crippen molar-refractivity contribution in [2.45, 2.75) is 6.04 Å². The molecule has 0 aliphatic rings. The van der Waals surface area contributed by atoms with Gasteiger partial charge >= 0.3 is 0 Å². The van der Waals surface area contributed by atoms with Crippen LogP contribution in [-0.2, 0) is 0 Å². The molecule has 4 heteroatoms. The van der Waals surface area contributed by atoms with E-state index < -0.39 is 6.04 Å². The van der Waals surface area contributed by atoms with Gasteiger partial charge in [-0.05, 0) is 23.8 Å². The molecule has 0 amide bonds. The fraction of sp³-hybridized carbons (Fsp3) is 0.200. The smallest absolute Gasteiger partial charge is 0.161 e. The first-order valence-electron chi connectivity index (χ1n) is 5.89. The van der Waals surface area contributed by atoms with Gasteiger partial charge in [-0.2, -0.15) is 0 Å². The van der Waals surface area contributed by atoms with Gasteiger partial charge in [-0.3, -0.25) is 0 Å². The van der Waals surface area contributed by atoms with Gasteiger partial charge < -0.3 is 15.2 Å². The van der Waals surface area contributed by atoms with Crippen LogP contribution < -0.4 is 15.2 Å². The predicted octanol–water partition coefficient (Wildman–Crippen LogP) is 2.89. The van der Waals surface area contributed by atoms with Crippen molar-refractivity contribution in [3.05, 3.63) is 59.4 Å². The number of methoxy groups -OCH3 is 2. The minimum absolute atomic E-state index is 0.315. The molecule has 0 spiro atoms. The molecule has 19 heavy (non-hydrogen) atoms. The van der Waals surface area contributed by atoms with Crippen molar-refractivity contribution in [3.8, 4) is 11.5 Å². The number of hydrogen-bond donors (Lipinski definition) is 1. The van der Waals surface area contributed by atoms with E-state index in [0.717, 1.165) is 5.56 Å². The van der Waals surface area contributed by atoms with Crippen LogP contribution in [0.2, 0.25) is 0 Å². The van der Waals surface area contributed by atoms with Crippen molar-refractivity contribution in [2.24, 2.45) is 5.73 Å². The highest BCUT2D eigenvalue weighted by Crippen LogP contribution is 2.31. The summed E-state index contributed by atoms with van der Waals surface area (Å²) < 4.78 is 24.1. The molecule has 0 radical (unpaired) electrons. The molecular weight excluding hydrogens is 245 g/mol. The maximum atomic E-state index is 13.7. The van der Waals surface area contributed by atoms with E-state index >= 15 is 0 Å². The Morgan fingerprint density at radius 3 is 2.32 bits per heavy atom. The first-order valence-corrected chi connectivity index (χ1v) is 5.89. The van der Waals surface area contributed by atoms with Gasteiger partial charge in [0.25, 0.3) is 0 Å². The highest BCUT2D eigenvalue weighted by molar-refractivity contribution is 5.45. The minimum atomic E-state index is -0.541. The van der Waals surface area contributed by atoms with Crippen molar-refractivity contribution in [2.75, 3.05) is 14.2 Å². The second-order valence-electron chi connectivity index (χ2n) is 4.11. The van der Waals surface area contributed by atoms with Gasteiger partial charge in [0, 0.05) is 5.56 Å². The molecule has 2 rings (SSSR count). The molecule has 0 aliphatic heterocycles. The van der Waals surface area contributed by atoms with Crippen LogP contribution in [0.15, 0.2) is 42.5 Å². The molecule has 0 heterocycles. The van der Waals surface area contributed by atoms with Crippen molar-refractivity contribution < 1.29 is 13.9 Å². The maximum Gasteiger partial charge on any atom is 0.161 e. The van der Waals surface area contributed by atoms with E-state index in [2.05, 4.69) is 0 Å². The topological polar surface area (TPSA) is 44.5 Å². The van der Waals surface area contributed by atoms with E-state index in [1.165, 1.54) is 6.07 Å². The molecule has 0 fully saturated rings. The lowest BCUT2D eigenvalue weighted by Crippen LogP contribution is -2.13. The van der Waals surface area contributed by atoms with E-state index in [9.17, 15) is 4.39 Å². The van der Waals surface area contributed by atoms with E-state index in [0.29, 0.717) is 17.1 Å². The van der Waals surface area contributed by atoms with Crippen molar-refractivity contribution >= 4 is 0 Å². The lowest BCUT2D eigenvalue weighted by atomic mass is 9.99. The highest BCUT2D eigenvalue weighted by Gasteiger charge is 2.15. The molecule has 3 nitrogen and oxygen atoms in total. The molecule has 2 aromatic rings. The Kier molecular flexibility index (Phi) is 4.02. The number of halogens is 1. The number of nitrogens with two attached hydrogens (primary N) is 1. The Morgan fingerprint density at radius 2 is 1.68 bits per heavy atom. The van der Waals surface area contributed by atoms with Gasteiger partial charge in [0.2, 0.25) is 0 Å². The van der Waals surface area contributed by atoms with Crippen LogP contribution in [0.4, 0.5) is 4.39 Å². The van der Waals surface area contributed by atoms with Crippen LogP contribution in [0.1, 0.15) is 17.2 Å². The van der Waals surface area contributed by atoms with E-state index in [-0.39, 0.29) is 5.82 Å². The number of hydrogen-bond acceptors (Lipinski definition) is 3. The van der Waals surface area contributed by atoms with Crippen molar-refractivity contribution in [1.29, 1.82) is 0 Å². The Morgan fingerprint density at radius 1 is 1.00 bits per heavy atom. The maximum absolute atomic E-state index is 13.7. The normalized spacial score (nSPS) is 12.0. The molecule has 0 aliphatic carbocycles. The van der Waals surface area contributed by atoms with Crippen LogP contribution in [0.5, 0.6) is 11.5 Å². The molecule has 0 bridgehead atoms. The largest absolute Gasteiger partial charge is 0.493 e. The molecule has 0 aromatic heterocycles. The predicted molar refractivity (Wildman–Crippen MR) is 72.0 cm³/mol. The molecule has 2 N–H and O–H groups in total. The zero-order valence-corrected chi connectivity index (χ0v) is 10.9. The standard InChI is InChI=1S/C15H16FNO2/c1-18-13-8-7-10(9-14(13)19-2)15(17)11-5-3-4-6-12(11)16/h3-9,15H,17H2,1-2H3. The Hall–Kier alpha value is -2.07. The summed E-state index contributed by atoms with van der Waals surface area (Å²) in [5.74, 6) is 0.878. The van der Waals surface area contributed by atoms with Crippen LogP contribution in [0.25, 0.3) is 0 Å². The molecule has 1 unspecified atom stereocenters. The number of benzene rings is 2.